The summed E-state index contributed by atoms with van der Waals surface area (Å²) in [5.74, 6) is 1.50. The van der Waals surface area contributed by atoms with E-state index >= 15 is 0 Å². The lowest BCUT2D eigenvalue weighted by Crippen LogP contribution is -2.36. The largest absolute Gasteiger partial charge is 0.388 e. The van der Waals surface area contributed by atoms with Crippen LogP contribution in [0.4, 0.5) is 0 Å². The summed E-state index contributed by atoms with van der Waals surface area (Å²) in [6, 6.07) is 0. The molecular formula is C13H22N2O. The Morgan fingerprint density at radius 3 is 2.69 bits per heavy atom. The van der Waals surface area contributed by atoms with Crippen LogP contribution < -0.4 is 0 Å². The molecule has 1 aliphatic rings. The molecule has 1 aromatic rings. The first kappa shape index (κ1) is 11.6. The summed E-state index contributed by atoms with van der Waals surface area (Å²) < 4.78 is 2.12. The van der Waals surface area contributed by atoms with E-state index in [0.29, 0.717) is 12.5 Å². The summed E-state index contributed by atoms with van der Waals surface area (Å²) in [5, 5.41) is 10.5. The summed E-state index contributed by atoms with van der Waals surface area (Å²) >= 11 is 0. The zero-order valence-electron chi connectivity index (χ0n) is 10.3. The van der Waals surface area contributed by atoms with Crippen LogP contribution in [0.5, 0.6) is 0 Å². The van der Waals surface area contributed by atoms with Crippen molar-refractivity contribution in [2.45, 2.75) is 64.0 Å². The van der Waals surface area contributed by atoms with Crippen molar-refractivity contribution in [3.8, 4) is 0 Å². The van der Waals surface area contributed by atoms with Gasteiger partial charge in [0.1, 0.15) is 5.82 Å². The van der Waals surface area contributed by atoms with Crippen LogP contribution in [0, 0.1) is 0 Å². The maximum Gasteiger partial charge on any atom is 0.111 e. The van der Waals surface area contributed by atoms with Crippen LogP contribution in [-0.2, 0) is 6.54 Å². The van der Waals surface area contributed by atoms with Crippen molar-refractivity contribution in [2.24, 2.45) is 0 Å². The van der Waals surface area contributed by atoms with Gasteiger partial charge in [0.05, 0.1) is 12.1 Å². The first-order valence-corrected chi connectivity index (χ1v) is 6.34. The average Bonchev–Trinajstić information content (AvgIpc) is 2.66. The van der Waals surface area contributed by atoms with E-state index in [0.717, 1.165) is 31.5 Å². The van der Waals surface area contributed by atoms with E-state index in [-0.39, 0.29) is 0 Å². The predicted molar refractivity (Wildman–Crippen MR) is 64.4 cm³/mol. The number of aliphatic hydroxyl groups is 1. The fraction of sp³-hybridized carbons (Fsp3) is 0.769. The molecule has 3 nitrogen and oxygen atoms in total. The summed E-state index contributed by atoms with van der Waals surface area (Å²) in [7, 11) is 0. The van der Waals surface area contributed by atoms with Gasteiger partial charge in [0.2, 0.25) is 0 Å². The van der Waals surface area contributed by atoms with Crippen molar-refractivity contribution in [2.75, 3.05) is 0 Å². The van der Waals surface area contributed by atoms with E-state index in [1.807, 2.05) is 12.4 Å². The van der Waals surface area contributed by atoms with Gasteiger partial charge in [0.25, 0.3) is 0 Å². The number of nitrogens with zero attached hydrogens (tertiary/aromatic N) is 2. The van der Waals surface area contributed by atoms with Gasteiger partial charge >= 0.3 is 0 Å². The van der Waals surface area contributed by atoms with Crippen LogP contribution in [0.3, 0.4) is 0 Å². The third kappa shape index (κ3) is 2.46. The van der Waals surface area contributed by atoms with Gasteiger partial charge in [-0.25, -0.2) is 4.98 Å². The standard InChI is InChI=1S/C13H22N2O/c1-11(2)12-14-8-9-15(12)10-13(16)6-4-3-5-7-13/h8-9,11,16H,3-7,10H2,1-2H3. The zero-order chi connectivity index (χ0) is 11.6. The van der Waals surface area contributed by atoms with E-state index in [1.165, 1.54) is 6.42 Å². The third-order valence-corrected chi connectivity index (χ3v) is 3.51. The molecule has 3 heteroatoms. The minimum absolute atomic E-state index is 0.419. The van der Waals surface area contributed by atoms with E-state index in [4.69, 9.17) is 0 Å². The summed E-state index contributed by atoms with van der Waals surface area (Å²) in [4.78, 5) is 4.36. The molecule has 0 unspecified atom stereocenters. The van der Waals surface area contributed by atoms with Crippen LogP contribution in [-0.4, -0.2) is 20.3 Å². The lowest BCUT2D eigenvalue weighted by molar-refractivity contribution is -0.0122. The minimum Gasteiger partial charge on any atom is -0.388 e. The van der Waals surface area contributed by atoms with Crippen molar-refractivity contribution in [1.82, 2.24) is 9.55 Å². The molecule has 0 spiro atoms. The van der Waals surface area contributed by atoms with E-state index < -0.39 is 5.60 Å². The number of aromatic nitrogens is 2. The fourth-order valence-electron chi connectivity index (χ4n) is 2.64. The van der Waals surface area contributed by atoms with Gasteiger partial charge in [-0.2, -0.15) is 0 Å². The van der Waals surface area contributed by atoms with Gasteiger partial charge in [-0.05, 0) is 12.8 Å². The molecule has 0 aliphatic heterocycles. The molecule has 1 aliphatic carbocycles. The quantitative estimate of drug-likeness (QED) is 0.854. The molecule has 90 valence electrons. The molecule has 1 saturated carbocycles. The van der Waals surface area contributed by atoms with Crippen LogP contribution in [0.2, 0.25) is 0 Å². The van der Waals surface area contributed by atoms with Gasteiger partial charge in [-0.15, -0.1) is 0 Å². The SMILES string of the molecule is CC(C)c1nccn1CC1(O)CCCCC1. The summed E-state index contributed by atoms with van der Waals surface area (Å²) in [6.07, 6.45) is 9.27. The second-order valence-electron chi connectivity index (χ2n) is 5.35. The first-order chi connectivity index (χ1) is 7.61. The van der Waals surface area contributed by atoms with Gasteiger partial charge < -0.3 is 9.67 Å². The Hall–Kier alpha value is -0.830. The maximum atomic E-state index is 10.5. The minimum atomic E-state index is -0.497. The van der Waals surface area contributed by atoms with Crippen molar-refractivity contribution < 1.29 is 5.11 Å². The van der Waals surface area contributed by atoms with Gasteiger partial charge in [0, 0.05) is 18.3 Å². The van der Waals surface area contributed by atoms with Crippen molar-refractivity contribution >= 4 is 0 Å². The Morgan fingerprint density at radius 1 is 1.38 bits per heavy atom. The highest BCUT2D eigenvalue weighted by molar-refractivity contribution is 4.99. The van der Waals surface area contributed by atoms with E-state index in [1.54, 1.807) is 0 Å². The molecule has 0 atom stereocenters. The monoisotopic (exact) mass is 222 g/mol. The lowest BCUT2D eigenvalue weighted by Gasteiger charge is -2.33. The highest BCUT2D eigenvalue weighted by Crippen LogP contribution is 2.30. The van der Waals surface area contributed by atoms with Crippen LogP contribution in [0.25, 0.3) is 0 Å². The normalized spacial score (nSPS) is 20.2. The highest BCUT2D eigenvalue weighted by atomic mass is 16.3. The summed E-state index contributed by atoms with van der Waals surface area (Å²) in [6.45, 7) is 4.99. The second kappa shape index (κ2) is 4.58. The maximum absolute atomic E-state index is 10.5. The van der Waals surface area contributed by atoms with Crippen molar-refractivity contribution in [3.63, 3.8) is 0 Å². The Bertz CT molecular complexity index is 337. The third-order valence-electron chi connectivity index (χ3n) is 3.51. The number of imidazole rings is 1. The average molecular weight is 222 g/mol. The fourth-order valence-corrected chi connectivity index (χ4v) is 2.64. The van der Waals surface area contributed by atoms with Crippen LogP contribution in [0.1, 0.15) is 57.7 Å². The molecule has 1 aromatic heterocycles. The Kier molecular flexibility index (Phi) is 3.33. The Labute approximate surface area is 97.5 Å². The smallest absolute Gasteiger partial charge is 0.111 e. The number of hydrogen-bond donors (Lipinski definition) is 1. The highest BCUT2D eigenvalue weighted by Gasteiger charge is 2.30. The lowest BCUT2D eigenvalue weighted by atomic mass is 9.85. The van der Waals surface area contributed by atoms with Gasteiger partial charge in [-0.3, -0.25) is 0 Å². The molecule has 0 aromatic carbocycles. The van der Waals surface area contributed by atoms with Crippen LogP contribution >= 0.6 is 0 Å². The molecule has 16 heavy (non-hydrogen) atoms. The van der Waals surface area contributed by atoms with Gasteiger partial charge in [-0.1, -0.05) is 33.1 Å². The molecule has 1 fully saturated rings. The first-order valence-electron chi connectivity index (χ1n) is 6.34. The molecule has 1 heterocycles. The molecule has 1 N–H and O–H groups in total. The molecule has 0 amide bonds. The Morgan fingerprint density at radius 2 is 2.06 bits per heavy atom. The molecule has 0 radical (unpaired) electrons. The molecule has 0 bridgehead atoms. The molecule has 0 saturated heterocycles. The summed E-state index contributed by atoms with van der Waals surface area (Å²) in [5.41, 5.74) is -0.497. The predicted octanol–water partition coefficient (Wildman–Crippen LogP) is 2.70. The zero-order valence-corrected chi connectivity index (χ0v) is 10.3. The van der Waals surface area contributed by atoms with E-state index in [2.05, 4.69) is 23.4 Å². The molecule has 2 rings (SSSR count). The van der Waals surface area contributed by atoms with Crippen molar-refractivity contribution in [3.05, 3.63) is 18.2 Å². The second-order valence-corrected chi connectivity index (χ2v) is 5.35. The molecular weight excluding hydrogens is 200 g/mol. The van der Waals surface area contributed by atoms with Crippen LogP contribution in [0.15, 0.2) is 12.4 Å². The Balaban J connectivity index is 2.10. The van der Waals surface area contributed by atoms with Gasteiger partial charge in [0.15, 0.2) is 0 Å². The van der Waals surface area contributed by atoms with Crippen molar-refractivity contribution in [1.29, 1.82) is 0 Å². The topological polar surface area (TPSA) is 38.0 Å². The number of hydrogen-bond acceptors (Lipinski definition) is 2. The number of rotatable bonds is 3. The van der Waals surface area contributed by atoms with E-state index in [9.17, 15) is 5.11 Å².